The van der Waals surface area contributed by atoms with E-state index in [0.717, 1.165) is 5.56 Å². The molecule has 0 aliphatic carbocycles. The molecule has 1 amide bonds. The van der Waals surface area contributed by atoms with Gasteiger partial charge < -0.3 is 14.5 Å². The number of aromatic nitrogens is 2. The zero-order valence-electron chi connectivity index (χ0n) is 13.9. The number of ether oxygens (including phenoxy) is 1. The molecule has 0 aliphatic rings. The first-order valence-corrected chi connectivity index (χ1v) is 7.76. The Morgan fingerprint density at radius 1 is 1.29 bits per heavy atom. The maximum atomic E-state index is 12.1. The van der Waals surface area contributed by atoms with Crippen LogP contribution in [0.1, 0.15) is 24.2 Å². The molecule has 1 N–H and O–H groups in total. The SMILES string of the molecule is COc1ccc(-c2nc3cc(C(=O)NCC(C)C)ccc3o2)cn1. The Kier molecular flexibility index (Phi) is 4.46. The van der Waals surface area contributed by atoms with Crippen LogP contribution >= 0.6 is 0 Å². The number of amides is 1. The van der Waals surface area contributed by atoms with E-state index >= 15 is 0 Å². The van der Waals surface area contributed by atoms with Crippen molar-refractivity contribution in [1.82, 2.24) is 15.3 Å². The van der Waals surface area contributed by atoms with Crippen LogP contribution in [0.15, 0.2) is 40.9 Å². The molecule has 0 saturated carbocycles. The lowest BCUT2D eigenvalue weighted by atomic mass is 10.1. The summed E-state index contributed by atoms with van der Waals surface area (Å²) in [6.07, 6.45) is 1.64. The smallest absolute Gasteiger partial charge is 0.251 e. The van der Waals surface area contributed by atoms with Gasteiger partial charge in [-0.05, 0) is 30.2 Å². The number of carbonyl (C=O) groups excluding carboxylic acids is 1. The summed E-state index contributed by atoms with van der Waals surface area (Å²) in [7, 11) is 1.56. The molecule has 3 aromatic rings. The highest BCUT2D eigenvalue weighted by atomic mass is 16.5. The fourth-order valence-electron chi connectivity index (χ4n) is 2.22. The number of rotatable bonds is 5. The summed E-state index contributed by atoms with van der Waals surface area (Å²) in [4.78, 5) is 20.7. The molecule has 2 heterocycles. The summed E-state index contributed by atoms with van der Waals surface area (Å²) in [5.41, 5.74) is 2.58. The summed E-state index contributed by atoms with van der Waals surface area (Å²) < 4.78 is 10.8. The fourth-order valence-corrected chi connectivity index (χ4v) is 2.22. The lowest BCUT2D eigenvalue weighted by molar-refractivity contribution is 0.0949. The first kappa shape index (κ1) is 16.0. The van der Waals surface area contributed by atoms with Gasteiger partial charge >= 0.3 is 0 Å². The molecule has 0 unspecified atom stereocenters. The predicted octanol–water partition coefficient (Wildman–Crippen LogP) is 3.28. The quantitative estimate of drug-likeness (QED) is 0.779. The van der Waals surface area contributed by atoms with Crippen LogP contribution in [0, 0.1) is 5.92 Å². The second kappa shape index (κ2) is 6.70. The number of carbonyl (C=O) groups is 1. The Balaban J connectivity index is 1.86. The number of fused-ring (bicyclic) bond motifs is 1. The number of benzene rings is 1. The molecule has 6 nitrogen and oxygen atoms in total. The van der Waals surface area contributed by atoms with Gasteiger partial charge in [-0.3, -0.25) is 4.79 Å². The van der Waals surface area contributed by atoms with Crippen molar-refractivity contribution in [2.75, 3.05) is 13.7 Å². The minimum atomic E-state index is -0.110. The van der Waals surface area contributed by atoms with E-state index in [-0.39, 0.29) is 5.91 Å². The van der Waals surface area contributed by atoms with Gasteiger partial charge in [-0.25, -0.2) is 9.97 Å². The van der Waals surface area contributed by atoms with Crippen LogP contribution in [-0.2, 0) is 0 Å². The lowest BCUT2D eigenvalue weighted by Crippen LogP contribution is -2.27. The third kappa shape index (κ3) is 3.37. The van der Waals surface area contributed by atoms with E-state index in [1.807, 2.05) is 6.07 Å². The number of nitrogens with one attached hydrogen (secondary N) is 1. The van der Waals surface area contributed by atoms with E-state index in [1.54, 1.807) is 37.6 Å². The van der Waals surface area contributed by atoms with Crippen molar-refractivity contribution < 1.29 is 13.9 Å². The molecule has 6 heteroatoms. The summed E-state index contributed by atoms with van der Waals surface area (Å²) in [5.74, 6) is 1.28. The molecular formula is C18H19N3O3. The monoisotopic (exact) mass is 325 g/mol. The third-order valence-corrected chi connectivity index (χ3v) is 3.51. The van der Waals surface area contributed by atoms with E-state index in [1.165, 1.54) is 0 Å². The normalized spacial score (nSPS) is 11.0. The van der Waals surface area contributed by atoms with Crippen LogP contribution in [-0.4, -0.2) is 29.5 Å². The van der Waals surface area contributed by atoms with Crippen molar-refractivity contribution in [3.05, 3.63) is 42.1 Å². The van der Waals surface area contributed by atoms with Crippen LogP contribution in [0.2, 0.25) is 0 Å². The molecule has 124 valence electrons. The molecule has 0 spiro atoms. The minimum Gasteiger partial charge on any atom is -0.481 e. The molecular weight excluding hydrogens is 306 g/mol. The van der Waals surface area contributed by atoms with Crippen LogP contribution in [0.25, 0.3) is 22.6 Å². The highest BCUT2D eigenvalue weighted by molar-refractivity contribution is 5.97. The van der Waals surface area contributed by atoms with E-state index in [4.69, 9.17) is 9.15 Å². The minimum absolute atomic E-state index is 0.110. The van der Waals surface area contributed by atoms with Gasteiger partial charge in [-0.1, -0.05) is 13.8 Å². The van der Waals surface area contributed by atoms with E-state index < -0.39 is 0 Å². The average molecular weight is 325 g/mol. The third-order valence-electron chi connectivity index (χ3n) is 3.51. The van der Waals surface area contributed by atoms with Gasteiger partial charge in [0.2, 0.25) is 11.8 Å². The van der Waals surface area contributed by atoms with Crippen molar-refractivity contribution in [3.63, 3.8) is 0 Å². The molecule has 0 aliphatic heterocycles. The summed E-state index contributed by atoms with van der Waals surface area (Å²) in [5, 5.41) is 2.89. The van der Waals surface area contributed by atoms with Gasteiger partial charge in [-0.2, -0.15) is 0 Å². The maximum Gasteiger partial charge on any atom is 0.251 e. The average Bonchev–Trinajstić information content (AvgIpc) is 3.02. The van der Waals surface area contributed by atoms with Gasteiger partial charge in [0.1, 0.15) is 5.52 Å². The highest BCUT2D eigenvalue weighted by Gasteiger charge is 2.12. The fraction of sp³-hybridized carbons (Fsp3) is 0.278. The van der Waals surface area contributed by atoms with Crippen molar-refractivity contribution >= 4 is 17.0 Å². The first-order valence-electron chi connectivity index (χ1n) is 7.76. The molecule has 24 heavy (non-hydrogen) atoms. The van der Waals surface area contributed by atoms with Crippen LogP contribution < -0.4 is 10.1 Å². The van der Waals surface area contributed by atoms with Gasteiger partial charge in [0, 0.05) is 24.4 Å². The van der Waals surface area contributed by atoms with Gasteiger partial charge in [0.05, 0.1) is 12.7 Å². The van der Waals surface area contributed by atoms with Gasteiger partial charge in [-0.15, -0.1) is 0 Å². The summed E-state index contributed by atoms with van der Waals surface area (Å²) in [6, 6.07) is 8.79. The molecule has 2 aromatic heterocycles. The van der Waals surface area contributed by atoms with Gasteiger partial charge in [0.25, 0.3) is 5.91 Å². The van der Waals surface area contributed by atoms with Crippen molar-refractivity contribution in [2.24, 2.45) is 5.92 Å². The summed E-state index contributed by atoms with van der Waals surface area (Å²) in [6.45, 7) is 4.74. The molecule has 0 fully saturated rings. The molecule has 3 rings (SSSR count). The zero-order chi connectivity index (χ0) is 17.1. The van der Waals surface area contributed by atoms with E-state index in [9.17, 15) is 4.79 Å². The Hall–Kier alpha value is -2.89. The van der Waals surface area contributed by atoms with E-state index in [0.29, 0.717) is 40.9 Å². The number of methoxy groups -OCH3 is 1. The van der Waals surface area contributed by atoms with Crippen LogP contribution in [0.3, 0.4) is 0 Å². The Morgan fingerprint density at radius 2 is 2.12 bits per heavy atom. The molecule has 0 radical (unpaired) electrons. The molecule has 0 bridgehead atoms. The Bertz CT molecular complexity index is 854. The van der Waals surface area contributed by atoms with Crippen molar-refractivity contribution in [1.29, 1.82) is 0 Å². The Labute approximate surface area is 139 Å². The lowest BCUT2D eigenvalue weighted by Gasteiger charge is -2.07. The number of hydrogen-bond donors (Lipinski definition) is 1. The van der Waals surface area contributed by atoms with E-state index in [2.05, 4.69) is 29.1 Å². The predicted molar refractivity (Wildman–Crippen MR) is 91.0 cm³/mol. The number of hydrogen-bond acceptors (Lipinski definition) is 5. The number of oxazole rings is 1. The Morgan fingerprint density at radius 3 is 2.79 bits per heavy atom. The number of nitrogens with zero attached hydrogens (tertiary/aromatic N) is 2. The molecule has 1 aromatic carbocycles. The summed E-state index contributed by atoms with van der Waals surface area (Å²) >= 11 is 0. The zero-order valence-corrected chi connectivity index (χ0v) is 13.9. The topological polar surface area (TPSA) is 77.2 Å². The van der Waals surface area contributed by atoms with Crippen molar-refractivity contribution in [2.45, 2.75) is 13.8 Å². The number of pyridine rings is 1. The van der Waals surface area contributed by atoms with Crippen LogP contribution in [0.4, 0.5) is 0 Å². The van der Waals surface area contributed by atoms with Gasteiger partial charge in [0.15, 0.2) is 5.58 Å². The molecule has 0 atom stereocenters. The highest BCUT2D eigenvalue weighted by Crippen LogP contribution is 2.25. The second-order valence-corrected chi connectivity index (χ2v) is 5.89. The first-order chi connectivity index (χ1) is 11.6. The standard InChI is InChI=1S/C18H19N3O3/c1-11(2)9-20-17(22)12-4-6-15-14(8-12)21-18(24-15)13-5-7-16(23-3)19-10-13/h4-8,10-11H,9H2,1-3H3,(H,20,22). The molecule has 0 saturated heterocycles. The largest absolute Gasteiger partial charge is 0.481 e. The maximum absolute atomic E-state index is 12.1. The van der Waals surface area contributed by atoms with Crippen LogP contribution in [0.5, 0.6) is 5.88 Å². The second-order valence-electron chi connectivity index (χ2n) is 5.89. The van der Waals surface area contributed by atoms with Crippen molar-refractivity contribution in [3.8, 4) is 17.3 Å².